The zero-order valence-electron chi connectivity index (χ0n) is 9.73. The van der Waals surface area contributed by atoms with Gasteiger partial charge in [0.1, 0.15) is 6.61 Å². The van der Waals surface area contributed by atoms with Crippen LogP contribution in [0.5, 0.6) is 0 Å². The molecule has 0 amide bonds. The van der Waals surface area contributed by atoms with Crippen molar-refractivity contribution >= 4 is 5.97 Å². The van der Waals surface area contributed by atoms with Crippen LogP contribution < -0.4 is 0 Å². The van der Waals surface area contributed by atoms with Crippen LogP contribution >= 0.6 is 0 Å². The van der Waals surface area contributed by atoms with Crippen molar-refractivity contribution in [2.75, 3.05) is 13.2 Å². The highest BCUT2D eigenvalue weighted by molar-refractivity contribution is 5.72. The van der Waals surface area contributed by atoms with Crippen molar-refractivity contribution in [1.29, 1.82) is 0 Å². The summed E-state index contributed by atoms with van der Waals surface area (Å²) in [6, 6.07) is 3.28. The van der Waals surface area contributed by atoms with E-state index in [-0.39, 0.29) is 19.6 Å². The van der Waals surface area contributed by atoms with Crippen molar-refractivity contribution in [3.8, 4) is 0 Å². The zero-order valence-corrected chi connectivity index (χ0v) is 9.73. The van der Waals surface area contributed by atoms with E-state index in [0.29, 0.717) is 12.0 Å². The van der Waals surface area contributed by atoms with Gasteiger partial charge in [-0.3, -0.25) is 4.79 Å². The van der Waals surface area contributed by atoms with Crippen LogP contribution in [0.15, 0.2) is 30.4 Å². The van der Waals surface area contributed by atoms with E-state index >= 15 is 0 Å². The second-order valence-electron chi connectivity index (χ2n) is 3.59. The lowest BCUT2D eigenvalue weighted by Gasteiger charge is -2.02. The maximum absolute atomic E-state index is 12.9. The molecule has 0 unspecified atom stereocenters. The zero-order chi connectivity index (χ0) is 13.4. The predicted molar refractivity (Wildman–Crippen MR) is 61.9 cm³/mol. The summed E-state index contributed by atoms with van der Waals surface area (Å²) >= 11 is 0. The van der Waals surface area contributed by atoms with E-state index in [1.165, 1.54) is 6.07 Å². The van der Waals surface area contributed by atoms with Gasteiger partial charge in [-0.1, -0.05) is 18.2 Å². The predicted octanol–water partition coefficient (Wildman–Crippen LogP) is 1.99. The standard InChI is InChI=1S/C13H14F2O3/c14-11-5-4-10(8-12(11)15)9-13(17)18-7-3-1-2-6-16/h1,3-5,8,16H,2,6-7,9H2. The Kier molecular flexibility index (Phi) is 6.00. The van der Waals surface area contributed by atoms with Crippen LogP contribution in [0.2, 0.25) is 0 Å². The van der Waals surface area contributed by atoms with Crippen LogP contribution in [0.3, 0.4) is 0 Å². The summed E-state index contributed by atoms with van der Waals surface area (Å²) in [4.78, 5) is 11.3. The number of benzene rings is 1. The first-order valence-corrected chi connectivity index (χ1v) is 5.49. The van der Waals surface area contributed by atoms with E-state index in [1.807, 2.05) is 0 Å². The molecule has 0 fully saturated rings. The fourth-order valence-corrected chi connectivity index (χ4v) is 1.27. The molecule has 0 bridgehead atoms. The lowest BCUT2D eigenvalue weighted by Crippen LogP contribution is -2.08. The van der Waals surface area contributed by atoms with E-state index in [1.54, 1.807) is 12.2 Å². The number of ether oxygens (including phenoxy) is 1. The first-order valence-electron chi connectivity index (χ1n) is 5.49. The highest BCUT2D eigenvalue weighted by Gasteiger charge is 2.07. The highest BCUT2D eigenvalue weighted by Crippen LogP contribution is 2.09. The summed E-state index contributed by atoms with van der Waals surface area (Å²) in [6.45, 7) is 0.141. The number of carbonyl (C=O) groups is 1. The molecule has 0 saturated carbocycles. The number of hydrogen-bond acceptors (Lipinski definition) is 3. The molecular weight excluding hydrogens is 242 g/mol. The van der Waals surface area contributed by atoms with E-state index in [4.69, 9.17) is 9.84 Å². The third-order valence-electron chi connectivity index (χ3n) is 2.14. The smallest absolute Gasteiger partial charge is 0.310 e. The van der Waals surface area contributed by atoms with Crippen LogP contribution in [0.1, 0.15) is 12.0 Å². The molecule has 18 heavy (non-hydrogen) atoms. The summed E-state index contributed by atoms with van der Waals surface area (Å²) < 4.78 is 30.3. The van der Waals surface area contributed by atoms with Crippen molar-refractivity contribution in [2.24, 2.45) is 0 Å². The molecule has 1 rings (SSSR count). The Hall–Kier alpha value is -1.75. The molecule has 0 aliphatic rings. The Labute approximate surface area is 104 Å². The molecule has 1 aromatic rings. The molecule has 1 aromatic carbocycles. The fraction of sp³-hybridized carbons (Fsp3) is 0.308. The van der Waals surface area contributed by atoms with Crippen molar-refractivity contribution in [1.82, 2.24) is 0 Å². The average Bonchev–Trinajstić information content (AvgIpc) is 2.34. The largest absolute Gasteiger partial charge is 0.461 e. The minimum absolute atomic E-state index is 0.0410. The van der Waals surface area contributed by atoms with Crippen molar-refractivity contribution in [3.63, 3.8) is 0 Å². The van der Waals surface area contributed by atoms with E-state index < -0.39 is 17.6 Å². The number of esters is 1. The van der Waals surface area contributed by atoms with Gasteiger partial charge in [-0.25, -0.2) is 8.78 Å². The number of hydrogen-bond donors (Lipinski definition) is 1. The van der Waals surface area contributed by atoms with Gasteiger partial charge >= 0.3 is 5.97 Å². The normalized spacial score (nSPS) is 10.8. The Bertz CT molecular complexity index is 430. The highest BCUT2D eigenvalue weighted by atomic mass is 19.2. The number of halogens is 2. The summed E-state index contributed by atoms with van der Waals surface area (Å²) in [7, 11) is 0. The van der Waals surface area contributed by atoms with Gasteiger partial charge in [-0.15, -0.1) is 0 Å². The van der Waals surface area contributed by atoms with E-state index in [0.717, 1.165) is 12.1 Å². The van der Waals surface area contributed by atoms with Crippen LogP contribution in [0.25, 0.3) is 0 Å². The maximum Gasteiger partial charge on any atom is 0.310 e. The summed E-state index contributed by atoms with van der Waals surface area (Å²) in [5, 5.41) is 8.49. The Morgan fingerprint density at radius 2 is 2.06 bits per heavy atom. The molecule has 5 heteroatoms. The fourth-order valence-electron chi connectivity index (χ4n) is 1.27. The molecule has 0 radical (unpaired) electrons. The molecule has 0 aliphatic heterocycles. The third-order valence-corrected chi connectivity index (χ3v) is 2.14. The number of aliphatic hydroxyl groups is 1. The molecule has 0 spiro atoms. The summed E-state index contributed by atoms with van der Waals surface area (Å²) in [5.74, 6) is -2.45. The van der Waals surface area contributed by atoms with E-state index in [9.17, 15) is 13.6 Å². The Balaban J connectivity index is 2.37. The Morgan fingerprint density at radius 3 is 2.72 bits per heavy atom. The molecule has 3 nitrogen and oxygen atoms in total. The lowest BCUT2D eigenvalue weighted by molar-refractivity contribution is -0.141. The molecule has 0 atom stereocenters. The second kappa shape index (κ2) is 7.55. The minimum Gasteiger partial charge on any atom is -0.461 e. The Morgan fingerprint density at radius 1 is 1.28 bits per heavy atom. The third kappa shape index (κ3) is 5.05. The summed E-state index contributed by atoms with van der Waals surface area (Å²) in [5.41, 5.74) is 0.359. The number of rotatable bonds is 6. The lowest BCUT2D eigenvalue weighted by atomic mass is 10.1. The van der Waals surface area contributed by atoms with Crippen LogP contribution in [-0.4, -0.2) is 24.3 Å². The number of aliphatic hydroxyl groups excluding tert-OH is 1. The SMILES string of the molecule is O=C(Cc1ccc(F)c(F)c1)OCC=CCCO. The molecule has 0 aliphatic carbocycles. The summed E-state index contributed by atoms with van der Waals surface area (Å²) in [6.07, 6.45) is 3.69. The van der Waals surface area contributed by atoms with Crippen molar-refractivity contribution < 1.29 is 23.4 Å². The quantitative estimate of drug-likeness (QED) is 0.625. The maximum atomic E-state index is 12.9. The monoisotopic (exact) mass is 256 g/mol. The van der Waals surface area contributed by atoms with Crippen molar-refractivity contribution in [3.05, 3.63) is 47.5 Å². The van der Waals surface area contributed by atoms with Gasteiger partial charge in [0.05, 0.1) is 6.42 Å². The van der Waals surface area contributed by atoms with Gasteiger partial charge in [0.25, 0.3) is 0 Å². The van der Waals surface area contributed by atoms with Crippen LogP contribution in [0.4, 0.5) is 8.78 Å². The molecular formula is C13H14F2O3. The average molecular weight is 256 g/mol. The van der Waals surface area contributed by atoms with Gasteiger partial charge in [0.2, 0.25) is 0 Å². The van der Waals surface area contributed by atoms with Gasteiger partial charge in [-0.2, -0.15) is 0 Å². The molecule has 98 valence electrons. The van der Waals surface area contributed by atoms with Gasteiger partial charge in [-0.05, 0) is 24.1 Å². The van der Waals surface area contributed by atoms with Crippen LogP contribution in [-0.2, 0) is 16.0 Å². The van der Waals surface area contributed by atoms with Gasteiger partial charge in [0, 0.05) is 6.61 Å². The van der Waals surface area contributed by atoms with Gasteiger partial charge in [0.15, 0.2) is 11.6 Å². The molecule has 1 N–H and O–H groups in total. The van der Waals surface area contributed by atoms with Gasteiger partial charge < -0.3 is 9.84 Å². The second-order valence-corrected chi connectivity index (χ2v) is 3.59. The van der Waals surface area contributed by atoms with E-state index in [2.05, 4.69) is 0 Å². The first-order chi connectivity index (χ1) is 8.63. The molecule has 0 saturated heterocycles. The van der Waals surface area contributed by atoms with Crippen LogP contribution in [0, 0.1) is 11.6 Å². The number of carbonyl (C=O) groups excluding carboxylic acids is 1. The van der Waals surface area contributed by atoms with Crippen molar-refractivity contribution in [2.45, 2.75) is 12.8 Å². The topological polar surface area (TPSA) is 46.5 Å². The molecule has 0 aromatic heterocycles. The molecule has 0 heterocycles. The first kappa shape index (κ1) is 14.3. The minimum atomic E-state index is -0.983.